The molecule has 0 aliphatic rings. The van der Waals surface area contributed by atoms with Gasteiger partial charge >= 0.3 is 0 Å². The topological polar surface area (TPSA) is 87.2 Å². The Morgan fingerprint density at radius 3 is 2.54 bits per heavy atom. The number of imidazole rings is 1. The summed E-state index contributed by atoms with van der Waals surface area (Å²) < 4.78 is 7.77. The summed E-state index contributed by atoms with van der Waals surface area (Å²) in [5.74, 6) is 1.35. The Labute approximate surface area is 161 Å². The number of amides is 1. The van der Waals surface area contributed by atoms with E-state index < -0.39 is 5.91 Å². The van der Waals surface area contributed by atoms with Gasteiger partial charge in [-0.3, -0.25) is 9.59 Å². The first-order valence-electron chi connectivity index (χ1n) is 8.72. The summed E-state index contributed by atoms with van der Waals surface area (Å²) in [4.78, 5) is 27.5. The van der Waals surface area contributed by atoms with Gasteiger partial charge in [-0.05, 0) is 42.5 Å². The molecule has 4 aromatic rings. The Morgan fingerprint density at radius 1 is 1.04 bits per heavy atom. The van der Waals surface area contributed by atoms with Crippen LogP contribution in [0.1, 0.15) is 10.4 Å². The van der Waals surface area contributed by atoms with E-state index in [9.17, 15) is 9.59 Å². The van der Waals surface area contributed by atoms with E-state index in [1.165, 1.54) is 0 Å². The maximum absolute atomic E-state index is 11.7. The van der Waals surface area contributed by atoms with Gasteiger partial charge in [-0.1, -0.05) is 30.3 Å². The van der Waals surface area contributed by atoms with Crippen LogP contribution in [0.25, 0.3) is 22.4 Å². The van der Waals surface area contributed by atoms with Crippen molar-refractivity contribution in [3.8, 4) is 22.9 Å². The van der Waals surface area contributed by atoms with E-state index in [1.54, 1.807) is 22.8 Å². The van der Waals surface area contributed by atoms with Gasteiger partial charge in [0.1, 0.15) is 30.2 Å². The zero-order valence-corrected chi connectivity index (χ0v) is 14.9. The molecule has 0 unspecified atom stereocenters. The first kappa shape index (κ1) is 17.5. The Bertz CT molecular complexity index is 1170. The van der Waals surface area contributed by atoms with Crippen LogP contribution in [0.2, 0.25) is 0 Å². The van der Waals surface area contributed by atoms with E-state index in [-0.39, 0.29) is 6.54 Å². The van der Waals surface area contributed by atoms with Crippen molar-refractivity contribution in [1.82, 2.24) is 9.55 Å². The van der Waals surface area contributed by atoms with Crippen molar-refractivity contribution in [1.29, 1.82) is 0 Å². The molecule has 1 amide bonds. The van der Waals surface area contributed by atoms with Gasteiger partial charge in [0.15, 0.2) is 0 Å². The SMILES string of the molecule is NC(=O)Cn1c(-c2ccccc2Oc2ccccc2)nc2cc(C=O)ccc21. The number of ether oxygens (including phenoxy) is 1. The second-order valence-electron chi connectivity index (χ2n) is 6.27. The van der Waals surface area contributed by atoms with E-state index in [1.807, 2.05) is 54.6 Å². The zero-order valence-electron chi connectivity index (χ0n) is 14.9. The Morgan fingerprint density at radius 2 is 1.79 bits per heavy atom. The van der Waals surface area contributed by atoms with Crippen molar-refractivity contribution < 1.29 is 14.3 Å². The van der Waals surface area contributed by atoms with Crippen LogP contribution in [0.15, 0.2) is 72.8 Å². The molecule has 0 spiro atoms. The number of primary amides is 1. The van der Waals surface area contributed by atoms with E-state index in [0.29, 0.717) is 33.9 Å². The largest absolute Gasteiger partial charge is 0.457 e. The summed E-state index contributed by atoms with van der Waals surface area (Å²) in [6, 6.07) is 22.0. The highest BCUT2D eigenvalue weighted by atomic mass is 16.5. The minimum absolute atomic E-state index is 0.0358. The van der Waals surface area contributed by atoms with Crippen LogP contribution in [0.3, 0.4) is 0 Å². The van der Waals surface area contributed by atoms with Gasteiger partial charge in [0.2, 0.25) is 5.91 Å². The van der Waals surface area contributed by atoms with Gasteiger partial charge in [-0.15, -0.1) is 0 Å². The van der Waals surface area contributed by atoms with Crippen molar-refractivity contribution in [2.75, 3.05) is 0 Å². The molecule has 0 saturated heterocycles. The maximum Gasteiger partial charge on any atom is 0.237 e. The molecule has 1 heterocycles. The molecule has 0 atom stereocenters. The molecular weight excluding hydrogens is 354 g/mol. The van der Waals surface area contributed by atoms with Crippen LogP contribution < -0.4 is 10.5 Å². The smallest absolute Gasteiger partial charge is 0.237 e. The van der Waals surface area contributed by atoms with Gasteiger partial charge in [0.05, 0.1) is 16.6 Å². The van der Waals surface area contributed by atoms with E-state index in [0.717, 1.165) is 11.8 Å². The third-order valence-electron chi connectivity index (χ3n) is 4.32. The molecule has 0 bridgehead atoms. The minimum Gasteiger partial charge on any atom is -0.457 e. The van der Waals surface area contributed by atoms with Crippen molar-refractivity contribution >= 4 is 23.2 Å². The summed E-state index contributed by atoms with van der Waals surface area (Å²) in [6.45, 7) is -0.0358. The lowest BCUT2D eigenvalue weighted by molar-refractivity contribution is -0.118. The first-order chi connectivity index (χ1) is 13.7. The monoisotopic (exact) mass is 371 g/mol. The van der Waals surface area contributed by atoms with Gasteiger partial charge in [-0.25, -0.2) is 4.98 Å². The van der Waals surface area contributed by atoms with Crippen LogP contribution in [-0.2, 0) is 11.3 Å². The quantitative estimate of drug-likeness (QED) is 0.522. The molecule has 0 saturated carbocycles. The summed E-state index contributed by atoms with van der Waals surface area (Å²) in [5.41, 5.74) is 8.02. The van der Waals surface area contributed by atoms with Gasteiger partial charge in [-0.2, -0.15) is 0 Å². The number of aldehydes is 1. The number of hydrogen-bond acceptors (Lipinski definition) is 4. The van der Waals surface area contributed by atoms with Crippen LogP contribution in [-0.4, -0.2) is 21.7 Å². The average molecular weight is 371 g/mol. The van der Waals surface area contributed by atoms with Crippen LogP contribution in [0.4, 0.5) is 0 Å². The summed E-state index contributed by atoms with van der Waals surface area (Å²) in [5, 5.41) is 0. The number of rotatable bonds is 6. The number of carbonyl (C=O) groups excluding carboxylic acids is 2. The Balaban J connectivity index is 1.89. The van der Waals surface area contributed by atoms with E-state index in [4.69, 9.17) is 10.5 Å². The van der Waals surface area contributed by atoms with Crippen molar-refractivity contribution in [3.63, 3.8) is 0 Å². The second-order valence-corrected chi connectivity index (χ2v) is 6.27. The normalized spacial score (nSPS) is 10.7. The van der Waals surface area contributed by atoms with E-state index in [2.05, 4.69) is 4.98 Å². The molecule has 28 heavy (non-hydrogen) atoms. The lowest BCUT2D eigenvalue weighted by Gasteiger charge is -2.12. The summed E-state index contributed by atoms with van der Waals surface area (Å²) >= 11 is 0. The van der Waals surface area contributed by atoms with Gasteiger partial charge < -0.3 is 15.0 Å². The predicted octanol–water partition coefficient (Wildman–Crippen LogP) is 3.79. The number of nitrogens with zero attached hydrogens (tertiary/aromatic N) is 2. The third-order valence-corrected chi connectivity index (χ3v) is 4.32. The number of para-hydroxylation sites is 2. The average Bonchev–Trinajstić information content (AvgIpc) is 3.06. The molecule has 4 rings (SSSR count). The number of benzene rings is 3. The molecule has 3 aromatic carbocycles. The van der Waals surface area contributed by atoms with Crippen LogP contribution in [0.5, 0.6) is 11.5 Å². The minimum atomic E-state index is -0.485. The highest BCUT2D eigenvalue weighted by molar-refractivity contribution is 5.89. The number of hydrogen-bond donors (Lipinski definition) is 1. The summed E-state index contributed by atoms with van der Waals surface area (Å²) in [6.07, 6.45) is 0.763. The number of fused-ring (bicyclic) bond motifs is 1. The molecule has 0 aliphatic heterocycles. The molecule has 6 nitrogen and oxygen atoms in total. The number of nitrogens with two attached hydrogens (primary N) is 1. The molecule has 6 heteroatoms. The number of carbonyl (C=O) groups is 2. The van der Waals surface area contributed by atoms with Crippen molar-refractivity contribution in [2.24, 2.45) is 5.73 Å². The van der Waals surface area contributed by atoms with Crippen LogP contribution in [0, 0.1) is 0 Å². The molecule has 1 aromatic heterocycles. The first-order valence-corrected chi connectivity index (χ1v) is 8.72. The Hall–Kier alpha value is -3.93. The fourth-order valence-corrected chi connectivity index (χ4v) is 3.10. The fourth-order valence-electron chi connectivity index (χ4n) is 3.10. The van der Waals surface area contributed by atoms with Gasteiger partial charge in [0, 0.05) is 5.56 Å². The molecule has 2 N–H and O–H groups in total. The Kier molecular flexibility index (Phi) is 4.60. The third kappa shape index (κ3) is 3.35. The molecular formula is C22H17N3O3. The molecule has 0 radical (unpaired) electrons. The summed E-state index contributed by atoms with van der Waals surface area (Å²) in [7, 11) is 0. The lowest BCUT2D eigenvalue weighted by atomic mass is 10.2. The highest BCUT2D eigenvalue weighted by Gasteiger charge is 2.18. The fraction of sp³-hybridized carbons (Fsp3) is 0.0455. The second kappa shape index (κ2) is 7.36. The molecule has 0 fully saturated rings. The lowest BCUT2D eigenvalue weighted by Crippen LogP contribution is -2.19. The standard InChI is InChI=1S/C22H17N3O3/c23-21(27)13-25-19-11-10-15(14-26)12-18(19)24-22(25)17-8-4-5-9-20(17)28-16-6-2-1-3-7-16/h1-12,14H,13H2,(H2,23,27). The maximum atomic E-state index is 11.7. The van der Waals surface area contributed by atoms with Crippen molar-refractivity contribution in [3.05, 3.63) is 78.4 Å². The predicted molar refractivity (Wildman–Crippen MR) is 106 cm³/mol. The van der Waals surface area contributed by atoms with E-state index >= 15 is 0 Å². The number of aromatic nitrogens is 2. The highest BCUT2D eigenvalue weighted by Crippen LogP contribution is 2.34. The van der Waals surface area contributed by atoms with Crippen molar-refractivity contribution in [2.45, 2.75) is 6.54 Å². The van der Waals surface area contributed by atoms with Crippen LogP contribution >= 0.6 is 0 Å². The molecule has 0 aliphatic carbocycles. The molecule has 138 valence electrons. The zero-order chi connectivity index (χ0) is 19.5. The van der Waals surface area contributed by atoms with Gasteiger partial charge in [0.25, 0.3) is 0 Å².